The fourth-order valence-corrected chi connectivity index (χ4v) is 1.47. The minimum absolute atomic E-state index is 0.139. The van der Waals surface area contributed by atoms with Gasteiger partial charge in [-0.25, -0.2) is 0 Å². The van der Waals surface area contributed by atoms with Gasteiger partial charge in [0.2, 0.25) is 5.91 Å². The van der Waals surface area contributed by atoms with Crippen LogP contribution in [-0.4, -0.2) is 36.5 Å². The molecule has 0 aromatic carbocycles. The summed E-state index contributed by atoms with van der Waals surface area (Å²) in [6.07, 6.45) is 1.01. The van der Waals surface area contributed by atoms with Crippen LogP contribution in [-0.2, 0) is 4.79 Å². The van der Waals surface area contributed by atoms with E-state index in [1.807, 2.05) is 0 Å². The van der Waals surface area contributed by atoms with Gasteiger partial charge in [0.25, 0.3) is 0 Å². The lowest BCUT2D eigenvalue weighted by Gasteiger charge is -2.42. The van der Waals surface area contributed by atoms with E-state index in [2.05, 4.69) is 24.1 Å². The largest absolute Gasteiger partial charge is 0.358 e. The zero-order valence-corrected chi connectivity index (χ0v) is 7.42. The number of carbonyl (C=O) groups is 1. The van der Waals surface area contributed by atoms with Gasteiger partial charge >= 0.3 is 0 Å². The Morgan fingerprint density at radius 3 is 2.55 bits per heavy atom. The minimum Gasteiger partial charge on any atom is -0.358 e. The Bertz CT molecular complexity index is 156. The van der Waals surface area contributed by atoms with Gasteiger partial charge in [-0.3, -0.25) is 9.69 Å². The second-order valence-corrected chi connectivity index (χ2v) is 3.25. The summed E-state index contributed by atoms with van der Waals surface area (Å²) in [5.41, 5.74) is 0. The minimum atomic E-state index is 0.139. The third-order valence-corrected chi connectivity index (χ3v) is 2.27. The van der Waals surface area contributed by atoms with Crippen molar-refractivity contribution < 1.29 is 4.79 Å². The van der Waals surface area contributed by atoms with E-state index in [1.54, 1.807) is 7.05 Å². The highest BCUT2D eigenvalue weighted by molar-refractivity contribution is 5.82. The van der Waals surface area contributed by atoms with Gasteiger partial charge in [-0.1, -0.05) is 0 Å². The molecule has 0 radical (unpaired) electrons. The Kier molecular flexibility index (Phi) is 2.49. The zero-order chi connectivity index (χ0) is 8.43. The highest BCUT2D eigenvalue weighted by atomic mass is 16.2. The third-order valence-electron chi connectivity index (χ3n) is 2.27. The molecule has 1 N–H and O–H groups in total. The second kappa shape index (κ2) is 3.22. The summed E-state index contributed by atoms with van der Waals surface area (Å²) in [5, 5.41) is 2.67. The summed E-state index contributed by atoms with van der Waals surface area (Å²) in [4.78, 5) is 13.4. The van der Waals surface area contributed by atoms with Crippen LogP contribution in [0.4, 0.5) is 0 Å². The van der Waals surface area contributed by atoms with E-state index in [0.29, 0.717) is 6.04 Å². The predicted octanol–water partition coefficient (Wildman–Crippen LogP) is 0.215. The molecule has 1 heterocycles. The van der Waals surface area contributed by atoms with Crippen molar-refractivity contribution in [1.82, 2.24) is 10.2 Å². The van der Waals surface area contributed by atoms with Crippen LogP contribution in [0.1, 0.15) is 20.3 Å². The van der Waals surface area contributed by atoms with Crippen molar-refractivity contribution in [2.75, 3.05) is 13.6 Å². The van der Waals surface area contributed by atoms with Crippen LogP contribution in [0.25, 0.3) is 0 Å². The second-order valence-electron chi connectivity index (χ2n) is 3.25. The molecule has 3 nitrogen and oxygen atoms in total. The molecular formula is C8H16N2O. The van der Waals surface area contributed by atoms with Gasteiger partial charge in [-0.15, -0.1) is 0 Å². The maximum Gasteiger partial charge on any atom is 0.237 e. The first-order valence-electron chi connectivity index (χ1n) is 4.14. The Morgan fingerprint density at radius 1 is 1.64 bits per heavy atom. The Balaban J connectivity index is 2.43. The van der Waals surface area contributed by atoms with Crippen LogP contribution in [0, 0.1) is 0 Å². The normalized spacial score (nSPS) is 24.9. The number of carbonyl (C=O) groups excluding carboxylic acids is 1. The molecule has 0 unspecified atom stereocenters. The monoisotopic (exact) mass is 156 g/mol. The number of likely N-dealkylation sites (N-methyl/N-ethyl adjacent to an activating group) is 1. The summed E-state index contributed by atoms with van der Waals surface area (Å²) in [6.45, 7) is 5.31. The molecule has 0 aromatic rings. The van der Waals surface area contributed by atoms with Crippen molar-refractivity contribution in [3.8, 4) is 0 Å². The first-order valence-corrected chi connectivity index (χ1v) is 4.14. The van der Waals surface area contributed by atoms with Crippen molar-refractivity contribution in [1.29, 1.82) is 0 Å². The van der Waals surface area contributed by atoms with E-state index < -0.39 is 0 Å². The molecule has 64 valence electrons. The van der Waals surface area contributed by atoms with E-state index in [0.717, 1.165) is 13.0 Å². The Labute approximate surface area is 67.8 Å². The van der Waals surface area contributed by atoms with E-state index in [4.69, 9.17) is 0 Å². The van der Waals surface area contributed by atoms with Crippen LogP contribution in [0.2, 0.25) is 0 Å². The van der Waals surface area contributed by atoms with Crippen molar-refractivity contribution in [2.45, 2.75) is 32.4 Å². The number of nitrogens with one attached hydrogen (secondary N) is 1. The molecule has 0 aliphatic carbocycles. The van der Waals surface area contributed by atoms with E-state index in [1.165, 1.54) is 0 Å². The molecule has 0 bridgehead atoms. The van der Waals surface area contributed by atoms with Gasteiger partial charge < -0.3 is 5.32 Å². The lowest BCUT2D eigenvalue weighted by atomic mass is 10.00. The SMILES string of the molecule is CNC(=O)[C@H]1CCN1C(C)C. The predicted molar refractivity (Wildman–Crippen MR) is 44.3 cm³/mol. The first kappa shape index (κ1) is 8.53. The lowest BCUT2D eigenvalue weighted by Crippen LogP contribution is -2.57. The summed E-state index contributed by atoms with van der Waals surface area (Å²) < 4.78 is 0. The molecule has 1 rings (SSSR count). The van der Waals surface area contributed by atoms with Crippen molar-refractivity contribution >= 4 is 5.91 Å². The molecular weight excluding hydrogens is 140 g/mol. The van der Waals surface area contributed by atoms with E-state index in [-0.39, 0.29) is 11.9 Å². The summed E-state index contributed by atoms with van der Waals surface area (Å²) >= 11 is 0. The van der Waals surface area contributed by atoms with Gasteiger partial charge in [0.05, 0.1) is 6.04 Å². The Hall–Kier alpha value is -0.570. The molecule has 1 aliphatic rings. The fraction of sp³-hybridized carbons (Fsp3) is 0.875. The van der Waals surface area contributed by atoms with Gasteiger partial charge in [0.1, 0.15) is 0 Å². The maximum atomic E-state index is 11.2. The van der Waals surface area contributed by atoms with Crippen molar-refractivity contribution in [2.24, 2.45) is 0 Å². The molecule has 0 aromatic heterocycles. The molecule has 3 heteroatoms. The standard InChI is InChI=1S/C8H16N2O/c1-6(2)10-5-4-7(10)8(11)9-3/h6-7H,4-5H2,1-3H3,(H,9,11)/t7-/m1/s1. The van der Waals surface area contributed by atoms with Crippen LogP contribution < -0.4 is 5.32 Å². The van der Waals surface area contributed by atoms with Gasteiger partial charge in [0, 0.05) is 19.6 Å². The molecule has 0 spiro atoms. The van der Waals surface area contributed by atoms with Gasteiger partial charge in [-0.05, 0) is 20.3 Å². The molecule has 1 fully saturated rings. The summed E-state index contributed by atoms with van der Waals surface area (Å²) in [7, 11) is 1.69. The third kappa shape index (κ3) is 1.53. The van der Waals surface area contributed by atoms with Crippen molar-refractivity contribution in [3.05, 3.63) is 0 Å². The van der Waals surface area contributed by atoms with Crippen LogP contribution in [0.5, 0.6) is 0 Å². The highest BCUT2D eigenvalue weighted by Crippen LogP contribution is 2.19. The van der Waals surface area contributed by atoms with Crippen molar-refractivity contribution in [3.63, 3.8) is 0 Å². The number of rotatable bonds is 2. The maximum absolute atomic E-state index is 11.2. The van der Waals surface area contributed by atoms with E-state index in [9.17, 15) is 4.79 Å². The van der Waals surface area contributed by atoms with Gasteiger partial charge in [-0.2, -0.15) is 0 Å². The average molecular weight is 156 g/mol. The topological polar surface area (TPSA) is 32.3 Å². The van der Waals surface area contributed by atoms with Crippen LogP contribution in [0.15, 0.2) is 0 Å². The first-order chi connectivity index (χ1) is 5.16. The number of amides is 1. The average Bonchev–Trinajstić information content (AvgIpc) is 1.83. The van der Waals surface area contributed by atoms with Crippen LogP contribution in [0.3, 0.4) is 0 Å². The molecule has 1 atom stereocenters. The molecule has 1 saturated heterocycles. The number of hydrogen-bond acceptors (Lipinski definition) is 2. The quantitative estimate of drug-likeness (QED) is 0.620. The fourth-order valence-electron chi connectivity index (χ4n) is 1.47. The van der Waals surface area contributed by atoms with Crippen LogP contribution >= 0.6 is 0 Å². The van der Waals surface area contributed by atoms with E-state index >= 15 is 0 Å². The Morgan fingerprint density at radius 2 is 2.27 bits per heavy atom. The molecule has 1 aliphatic heterocycles. The number of likely N-dealkylation sites (tertiary alicyclic amines) is 1. The smallest absolute Gasteiger partial charge is 0.237 e. The van der Waals surface area contributed by atoms with Gasteiger partial charge in [0.15, 0.2) is 0 Å². The highest BCUT2D eigenvalue weighted by Gasteiger charge is 2.34. The molecule has 1 amide bonds. The number of nitrogens with zero attached hydrogens (tertiary/aromatic N) is 1. The lowest BCUT2D eigenvalue weighted by molar-refractivity contribution is -0.131. The summed E-state index contributed by atoms with van der Waals surface area (Å²) in [5.74, 6) is 0.157. The molecule has 0 saturated carbocycles. The number of hydrogen-bond donors (Lipinski definition) is 1. The summed E-state index contributed by atoms with van der Waals surface area (Å²) in [6, 6.07) is 0.631. The molecule has 11 heavy (non-hydrogen) atoms. The zero-order valence-electron chi connectivity index (χ0n) is 7.42.